The zero-order valence-corrected chi connectivity index (χ0v) is 9.89. The highest BCUT2D eigenvalue weighted by Gasteiger charge is 2.18. The first-order valence-corrected chi connectivity index (χ1v) is 5.47. The van der Waals surface area contributed by atoms with Crippen molar-refractivity contribution in [2.24, 2.45) is 0 Å². The summed E-state index contributed by atoms with van der Waals surface area (Å²) in [7, 11) is 0. The Morgan fingerprint density at radius 1 is 1.33 bits per heavy atom. The maximum absolute atomic E-state index is 9.34. The van der Waals surface area contributed by atoms with E-state index in [-0.39, 0.29) is 19.0 Å². The number of anilines is 1. The Morgan fingerprint density at radius 3 is 2.78 bits per heavy atom. The summed E-state index contributed by atoms with van der Waals surface area (Å²) >= 11 is 0. The van der Waals surface area contributed by atoms with Crippen molar-refractivity contribution in [2.45, 2.75) is 19.3 Å². The number of rotatable bonds is 5. The van der Waals surface area contributed by atoms with Gasteiger partial charge >= 0.3 is 0 Å². The van der Waals surface area contributed by atoms with E-state index >= 15 is 0 Å². The molecule has 0 unspecified atom stereocenters. The SMILES string of the molecule is C[C@H](CO)O[C@H](CO)n1cnc2c(N)ncnc21. The molecule has 2 heterocycles. The van der Waals surface area contributed by atoms with Crippen molar-refractivity contribution in [3.8, 4) is 0 Å². The minimum atomic E-state index is -0.675. The second-order valence-electron chi connectivity index (χ2n) is 3.85. The van der Waals surface area contributed by atoms with Gasteiger partial charge in [-0.05, 0) is 6.92 Å². The standard InChI is InChI=1S/C10H15N5O3/c1-6(2-16)18-7(3-17)15-5-14-8-9(11)12-4-13-10(8)15/h4-7,16-17H,2-3H2,1H3,(H2,11,12,13)/t6-,7-/m1/s1. The fourth-order valence-corrected chi connectivity index (χ4v) is 1.59. The fourth-order valence-electron chi connectivity index (χ4n) is 1.59. The van der Waals surface area contributed by atoms with Gasteiger partial charge in [-0.3, -0.25) is 4.57 Å². The first-order valence-electron chi connectivity index (χ1n) is 5.47. The Kier molecular flexibility index (Phi) is 3.70. The van der Waals surface area contributed by atoms with Gasteiger partial charge < -0.3 is 20.7 Å². The predicted octanol–water partition coefficient (Wildman–Crippen LogP) is -0.703. The number of aliphatic hydroxyl groups is 2. The largest absolute Gasteiger partial charge is 0.394 e. The number of imidazole rings is 1. The molecule has 2 rings (SSSR count). The summed E-state index contributed by atoms with van der Waals surface area (Å²) in [5, 5.41) is 18.3. The number of nitrogens with zero attached hydrogens (tertiary/aromatic N) is 4. The number of aromatic nitrogens is 4. The van der Waals surface area contributed by atoms with Gasteiger partial charge in [0.15, 0.2) is 17.7 Å². The van der Waals surface area contributed by atoms with Crippen molar-refractivity contribution >= 4 is 17.0 Å². The molecule has 98 valence electrons. The van der Waals surface area contributed by atoms with Crippen LogP contribution in [0.3, 0.4) is 0 Å². The first kappa shape index (κ1) is 12.7. The molecule has 0 aromatic carbocycles. The molecule has 4 N–H and O–H groups in total. The lowest BCUT2D eigenvalue weighted by Gasteiger charge is -2.20. The van der Waals surface area contributed by atoms with Crippen molar-refractivity contribution in [1.29, 1.82) is 0 Å². The minimum Gasteiger partial charge on any atom is -0.394 e. The average molecular weight is 253 g/mol. The highest BCUT2D eigenvalue weighted by molar-refractivity contribution is 5.81. The predicted molar refractivity (Wildman–Crippen MR) is 63.5 cm³/mol. The second-order valence-corrected chi connectivity index (χ2v) is 3.85. The van der Waals surface area contributed by atoms with Gasteiger partial charge in [0.05, 0.1) is 25.6 Å². The van der Waals surface area contributed by atoms with Gasteiger partial charge in [0.1, 0.15) is 11.8 Å². The van der Waals surface area contributed by atoms with Crippen LogP contribution in [-0.2, 0) is 4.74 Å². The third-order valence-corrected chi connectivity index (χ3v) is 2.50. The van der Waals surface area contributed by atoms with Crippen molar-refractivity contribution < 1.29 is 14.9 Å². The van der Waals surface area contributed by atoms with Crippen LogP contribution in [0.2, 0.25) is 0 Å². The van der Waals surface area contributed by atoms with E-state index < -0.39 is 12.3 Å². The molecule has 8 heteroatoms. The Balaban J connectivity index is 2.37. The van der Waals surface area contributed by atoms with Gasteiger partial charge in [-0.2, -0.15) is 0 Å². The number of ether oxygens (including phenoxy) is 1. The molecular formula is C10H15N5O3. The molecule has 0 aliphatic heterocycles. The molecule has 8 nitrogen and oxygen atoms in total. The molecule has 2 aromatic heterocycles. The lowest BCUT2D eigenvalue weighted by Crippen LogP contribution is -2.24. The van der Waals surface area contributed by atoms with E-state index in [1.54, 1.807) is 11.5 Å². The van der Waals surface area contributed by atoms with Crippen LogP contribution in [-0.4, -0.2) is 49.0 Å². The molecule has 0 fully saturated rings. The molecule has 2 aromatic rings. The van der Waals surface area contributed by atoms with E-state index in [1.807, 2.05) is 0 Å². The molecule has 0 amide bonds. The summed E-state index contributed by atoms with van der Waals surface area (Å²) < 4.78 is 7.02. The number of aliphatic hydroxyl groups excluding tert-OH is 2. The quantitative estimate of drug-likeness (QED) is 0.644. The van der Waals surface area contributed by atoms with Crippen LogP contribution >= 0.6 is 0 Å². The lowest BCUT2D eigenvalue weighted by atomic mass is 10.4. The summed E-state index contributed by atoms with van der Waals surface area (Å²) in [6.45, 7) is 1.30. The molecule has 0 spiro atoms. The number of hydrogen-bond acceptors (Lipinski definition) is 7. The minimum absolute atomic E-state index is 0.139. The molecular weight excluding hydrogens is 238 g/mol. The van der Waals surface area contributed by atoms with Crippen molar-refractivity contribution in [1.82, 2.24) is 19.5 Å². The third kappa shape index (κ3) is 2.26. The van der Waals surface area contributed by atoms with E-state index in [0.29, 0.717) is 11.2 Å². The number of hydrogen-bond donors (Lipinski definition) is 3. The van der Waals surface area contributed by atoms with Crippen molar-refractivity contribution in [2.75, 3.05) is 18.9 Å². The van der Waals surface area contributed by atoms with Gasteiger partial charge in [0.25, 0.3) is 0 Å². The van der Waals surface area contributed by atoms with Crippen LogP contribution in [0.1, 0.15) is 13.2 Å². The summed E-state index contributed by atoms with van der Waals surface area (Å²) in [4.78, 5) is 12.0. The molecule has 0 saturated carbocycles. The van der Waals surface area contributed by atoms with Gasteiger partial charge in [0, 0.05) is 0 Å². The van der Waals surface area contributed by atoms with Crippen LogP contribution in [0.25, 0.3) is 11.2 Å². The highest BCUT2D eigenvalue weighted by Crippen LogP contribution is 2.20. The van der Waals surface area contributed by atoms with Crippen molar-refractivity contribution in [3.63, 3.8) is 0 Å². The Bertz CT molecular complexity index is 529. The average Bonchev–Trinajstić information content (AvgIpc) is 2.81. The number of fused-ring (bicyclic) bond motifs is 1. The molecule has 2 atom stereocenters. The maximum Gasteiger partial charge on any atom is 0.167 e. The Morgan fingerprint density at radius 2 is 2.11 bits per heavy atom. The van der Waals surface area contributed by atoms with Gasteiger partial charge in [-0.25, -0.2) is 15.0 Å². The molecule has 0 bridgehead atoms. The smallest absolute Gasteiger partial charge is 0.167 e. The van der Waals surface area contributed by atoms with Crippen molar-refractivity contribution in [3.05, 3.63) is 12.7 Å². The topological polar surface area (TPSA) is 119 Å². The molecule has 0 aliphatic carbocycles. The zero-order chi connectivity index (χ0) is 13.1. The van der Waals surface area contributed by atoms with E-state index in [9.17, 15) is 5.11 Å². The lowest BCUT2D eigenvalue weighted by molar-refractivity contribution is -0.0871. The number of nitrogen functional groups attached to an aromatic ring is 1. The summed E-state index contributed by atoms with van der Waals surface area (Å²) in [5.74, 6) is 0.269. The van der Waals surface area contributed by atoms with Crippen LogP contribution in [0.4, 0.5) is 5.82 Å². The first-order chi connectivity index (χ1) is 8.67. The van der Waals surface area contributed by atoms with Gasteiger partial charge in [-0.1, -0.05) is 0 Å². The zero-order valence-electron chi connectivity index (χ0n) is 9.89. The summed E-state index contributed by atoms with van der Waals surface area (Å²) in [6.07, 6.45) is 1.71. The van der Waals surface area contributed by atoms with E-state index in [1.165, 1.54) is 12.7 Å². The van der Waals surface area contributed by atoms with Gasteiger partial charge in [-0.15, -0.1) is 0 Å². The normalized spacial score (nSPS) is 14.8. The summed E-state index contributed by atoms with van der Waals surface area (Å²) in [6, 6.07) is 0. The monoisotopic (exact) mass is 253 g/mol. The molecule has 0 radical (unpaired) electrons. The second kappa shape index (κ2) is 5.25. The van der Waals surface area contributed by atoms with E-state index in [4.69, 9.17) is 15.6 Å². The van der Waals surface area contributed by atoms with Gasteiger partial charge in [0.2, 0.25) is 0 Å². The van der Waals surface area contributed by atoms with E-state index in [2.05, 4.69) is 15.0 Å². The third-order valence-electron chi connectivity index (χ3n) is 2.50. The summed E-state index contributed by atoms with van der Waals surface area (Å²) in [5.41, 5.74) is 6.60. The van der Waals surface area contributed by atoms with Crippen LogP contribution in [0.15, 0.2) is 12.7 Å². The van der Waals surface area contributed by atoms with Crippen LogP contribution in [0, 0.1) is 0 Å². The maximum atomic E-state index is 9.34. The van der Waals surface area contributed by atoms with Crippen LogP contribution < -0.4 is 5.73 Å². The Labute approximate surface area is 103 Å². The molecule has 18 heavy (non-hydrogen) atoms. The molecule has 0 aliphatic rings. The molecule has 0 saturated heterocycles. The van der Waals surface area contributed by atoms with E-state index in [0.717, 1.165) is 0 Å². The fraction of sp³-hybridized carbons (Fsp3) is 0.500. The highest BCUT2D eigenvalue weighted by atomic mass is 16.5. The number of nitrogens with two attached hydrogens (primary N) is 1. The van der Waals surface area contributed by atoms with Crippen LogP contribution in [0.5, 0.6) is 0 Å². The Hall–Kier alpha value is -1.77.